The lowest BCUT2D eigenvalue weighted by Crippen LogP contribution is -2.64. The van der Waals surface area contributed by atoms with Gasteiger partial charge >= 0.3 is 5.97 Å². The van der Waals surface area contributed by atoms with Crippen LogP contribution >= 0.6 is 22.7 Å². The van der Waals surface area contributed by atoms with E-state index < -0.39 is 11.6 Å². The molecule has 11 nitrogen and oxygen atoms in total. The average Bonchev–Trinajstić information content (AvgIpc) is 3.97. The molecule has 4 heterocycles. The molecule has 9 rings (SSSR count). The molecule has 1 saturated heterocycles. The second-order valence-electron chi connectivity index (χ2n) is 16.1. The zero-order valence-electron chi connectivity index (χ0n) is 31.8. The second kappa shape index (κ2) is 15.2. The number of hydrazine groups is 1. The third kappa shape index (κ3) is 7.10. The first-order chi connectivity index (χ1) is 27.6. The smallest absolute Gasteiger partial charge is 0.349 e. The quantitative estimate of drug-likeness (QED) is 0.0255. The number of nitrogen functional groups attached to an aromatic ring is 1. The van der Waals surface area contributed by atoms with Crippen LogP contribution in [0.1, 0.15) is 57.7 Å². The summed E-state index contributed by atoms with van der Waals surface area (Å²) >= 11 is 2.80. The molecule has 3 aliphatic rings. The van der Waals surface area contributed by atoms with Crippen LogP contribution in [-0.2, 0) is 40.9 Å². The number of thiophene rings is 2. The van der Waals surface area contributed by atoms with E-state index in [1.807, 2.05) is 52.9 Å². The fourth-order valence-corrected chi connectivity index (χ4v) is 11.5. The largest absolute Gasteiger partial charge is 0.506 e. The predicted molar refractivity (Wildman–Crippen MR) is 228 cm³/mol. The maximum Gasteiger partial charge on any atom is 0.349 e. The Morgan fingerprint density at radius 3 is 2.67 bits per heavy atom. The van der Waals surface area contributed by atoms with Crippen molar-refractivity contribution >= 4 is 61.0 Å². The van der Waals surface area contributed by atoms with Gasteiger partial charge in [-0.25, -0.2) is 10.6 Å². The van der Waals surface area contributed by atoms with Gasteiger partial charge in [0.25, 0.3) is 0 Å². The maximum absolute atomic E-state index is 13.7. The summed E-state index contributed by atoms with van der Waals surface area (Å²) in [6, 6.07) is 22.4. The Labute approximate surface area is 338 Å². The van der Waals surface area contributed by atoms with E-state index in [-0.39, 0.29) is 22.8 Å². The van der Waals surface area contributed by atoms with E-state index in [2.05, 4.69) is 21.3 Å². The van der Waals surface area contributed by atoms with Gasteiger partial charge < -0.3 is 40.9 Å². The van der Waals surface area contributed by atoms with Crippen LogP contribution in [0.15, 0.2) is 83.0 Å². The van der Waals surface area contributed by atoms with Crippen LogP contribution < -0.4 is 27.5 Å². The zero-order chi connectivity index (χ0) is 39.3. The molecule has 1 aliphatic heterocycles. The number of phenolic OH excluding ortho intramolecular Hbond substituents is 1. The summed E-state index contributed by atoms with van der Waals surface area (Å²) in [5.74, 6) is 6.20. The van der Waals surface area contributed by atoms with Crippen LogP contribution in [0, 0.1) is 5.41 Å². The zero-order valence-corrected chi connectivity index (χ0v) is 33.4. The van der Waals surface area contributed by atoms with E-state index in [1.165, 1.54) is 45.4 Å². The van der Waals surface area contributed by atoms with Crippen molar-refractivity contribution in [3.05, 3.63) is 121 Å². The number of hydrogen-bond acceptors (Lipinski definition) is 12. The molecule has 2 aliphatic carbocycles. The van der Waals surface area contributed by atoms with E-state index >= 15 is 0 Å². The molecular weight excluding hydrogens is 757 g/mol. The van der Waals surface area contributed by atoms with Gasteiger partial charge in [0.2, 0.25) is 11.2 Å². The number of aromatic amines is 1. The topological polar surface area (TPSA) is 170 Å². The number of carbonyl (C=O) groups excluding carboxylic acids is 1. The van der Waals surface area contributed by atoms with Gasteiger partial charge in [-0.3, -0.25) is 4.79 Å². The van der Waals surface area contributed by atoms with Gasteiger partial charge in [0.1, 0.15) is 11.9 Å². The Morgan fingerprint density at radius 1 is 1.04 bits per heavy atom. The summed E-state index contributed by atoms with van der Waals surface area (Å²) in [5, 5.41) is 31.3. The minimum absolute atomic E-state index is 0.0716. The minimum Gasteiger partial charge on any atom is -0.506 e. The van der Waals surface area contributed by atoms with Crippen LogP contribution in [0.5, 0.6) is 5.75 Å². The molecule has 0 radical (unpaired) electrons. The van der Waals surface area contributed by atoms with E-state index in [4.69, 9.17) is 16.3 Å². The number of rotatable bonds is 14. The number of nitrogens with one attached hydrogen (secondary N) is 2. The molecule has 1 unspecified atom stereocenters. The van der Waals surface area contributed by atoms with Crippen molar-refractivity contribution < 1.29 is 19.7 Å². The number of esters is 1. The third-order valence-electron chi connectivity index (χ3n) is 12.2. The molecule has 1 atom stereocenters. The van der Waals surface area contributed by atoms with Crippen molar-refractivity contribution in [2.45, 2.75) is 63.2 Å². The third-order valence-corrected chi connectivity index (χ3v) is 14.4. The van der Waals surface area contributed by atoms with Crippen LogP contribution in [-0.4, -0.2) is 64.9 Å². The summed E-state index contributed by atoms with van der Waals surface area (Å²) in [6.07, 6.45) is 6.12. The summed E-state index contributed by atoms with van der Waals surface area (Å²) < 4.78 is 7.05. The Bertz CT molecular complexity index is 2470. The number of aromatic hydroxyl groups is 1. The maximum atomic E-state index is 13.7. The van der Waals surface area contributed by atoms with E-state index in [9.17, 15) is 19.8 Å². The number of nitrogens with zero attached hydrogens (tertiary/aromatic N) is 2. The fraction of sp³-hybridized carbons (Fsp3) is 0.364. The minimum atomic E-state index is -1.82. The van der Waals surface area contributed by atoms with Crippen molar-refractivity contribution in [2.75, 3.05) is 43.5 Å². The Balaban J connectivity index is 0.748. The van der Waals surface area contributed by atoms with Crippen molar-refractivity contribution in [2.24, 2.45) is 11.3 Å². The molecule has 2 fully saturated rings. The monoisotopic (exact) mass is 804 g/mol. The first kappa shape index (κ1) is 37.8. The summed E-state index contributed by atoms with van der Waals surface area (Å²) in [4.78, 5) is 31.8. The number of ether oxygens (including phenoxy) is 1. The SMILES string of the molecule is Nc1cc(CNCCc2ccc(O)c3[nH]c(=O)ccc23)c2c(c1N(N)CCCN1CC3(CC(OC(=O)C(O)(c4cccs4)c4cc5ccccc5s4)C3)C1)CCC2. The van der Waals surface area contributed by atoms with Gasteiger partial charge in [-0.2, -0.15) is 0 Å². The van der Waals surface area contributed by atoms with Crippen LogP contribution in [0.4, 0.5) is 11.4 Å². The highest BCUT2D eigenvalue weighted by molar-refractivity contribution is 7.19. The molecule has 57 heavy (non-hydrogen) atoms. The second-order valence-corrected chi connectivity index (χ2v) is 18.1. The van der Waals surface area contributed by atoms with Crippen molar-refractivity contribution in [3.8, 4) is 5.75 Å². The van der Waals surface area contributed by atoms with Crippen LogP contribution in [0.2, 0.25) is 0 Å². The lowest BCUT2D eigenvalue weighted by molar-refractivity contribution is -0.191. The molecule has 3 aromatic carbocycles. The summed E-state index contributed by atoms with van der Waals surface area (Å²) in [6.45, 7) is 5.00. The lowest BCUT2D eigenvalue weighted by Gasteiger charge is -2.58. The number of aliphatic hydroxyl groups is 1. The van der Waals surface area contributed by atoms with Gasteiger partial charge in [-0.15, -0.1) is 22.7 Å². The number of nitrogens with two attached hydrogens (primary N) is 2. The fourth-order valence-electron chi connectivity index (χ4n) is 9.42. The Hall–Kier alpha value is -4.76. The molecule has 8 N–H and O–H groups in total. The van der Waals surface area contributed by atoms with Crippen molar-refractivity contribution in [1.29, 1.82) is 0 Å². The van der Waals surface area contributed by atoms with Gasteiger partial charge in [0.05, 0.1) is 26.6 Å². The number of H-pyrrole nitrogens is 1. The number of benzene rings is 3. The highest BCUT2D eigenvalue weighted by atomic mass is 32.1. The van der Waals surface area contributed by atoms with E-state index in [1.54, 1.807) is 18.2 Å². The average molecular weight is 805 g/mol. The molecule has 1 spiro atoms. The molecule has 296 valence electrons. The molecular formula is C44H48N6O5S2. The Morgan fingerprint density at radius 2 is 1.86 bits per heavy atom. The molecule has 0 bridgehead atoms. The Kier molecular flexibility index (Phi) is 10.1. The molecule has 1 saturated carbocycles. The number of phenols is 1. The van der Waals surface area contributed by atoms with E-state index in [0.29, 0.717) is 34.0 Å². The number of hydrogen-bond donors (Lipinski definition) is 6. The van der Waals surface area contributed by atoms with Crippen molar-refractivity contribution in [3.63, 3.8) is 0 Å². The number of carbonyl (C=O) groups is 1. The number of pyridine rings is 1. The van der Waals surface area contributed by atoms with Gasteiger partial charge in [0, 0.05) is 47.7 Å². The number of anilines is 2. The van der Waals surface area contributed by atoms with Gasteiger partial charge in [0.15, 0.2) is 0 Å². The molecule has 6 aromatic rings. The highest BCUT2D eigenvalue weighted by Gasteiger charge is 2.55. The first-order valence-corrected chi connectivity index (χ1v) is 21.5. The number of likely N-dealkylation sites (tertiary alicyclic amines) is 1. The van der Waals surface area contributed by atoms with E-state index in [0.717, 1.165) is 97.8 Å². The molecule has 13 heteroatoms. The highest BCUT2D eigenvalue weighted by Crippen LogP contribution is 2.51. The van der Waals surface area contributed by atoms with Crippen LogP contribution in [0.3, 0.4) is 0 Å². The van der Waals surface area contributed by atoms with Gasteiger partial charge in [-0.05, 0) is 127 Å². The molecule has 3 aromatic heterocycles. The number of fused-ring (bicyclic) bond motifs is 3. The number of aromatic nitrogens is 1. The van der Waals surface area contributed by atoms with Gasteiger partial charge in [-0.1, -0.05) is 30.3 Å². The first-order valence-electron chi connectivity index (χ1n) is 19.8. The van der Waals surface area contributed by atoms with Crippen LogP contribution in [0.25, 0.3) is 21.0 Å². The standard InChI is InChI=1S/C44H48N6O5S2/c45-34-20-29(24-47-16-15-27-11-13-35(51)40-32(27)12-14-39(52)48-40)31-7-3-8-33(31)41(34)50(46)18-5-17-49-25-43(26-49)22-30(23-43)55-42(53)44(54,37-10-4-19-56-37)38-21-28-6-1-2-9-36(28)57-38/h1-2,4,6,9-14,19-21,30,47,51,54H,3,5,7-8,15-18,22-26,45-46H2,(H,48,52). The normalized spacial score (nSPS) is 17.4. The summed E-state index contributed by atoms with van der Waals surface area (Å²) in [7, 11) is 0. The lowest BCUT2D eigenvalue weighted by atomic mass is 9.61. The summed E-state index contributed by atoms with van der Waals surface area (Å²) in [5.41, 5.74) is 11.8. The molecule has 0 amide bonds. The predicted octanol–water partition coefficient (Wildman–Crippen LogP) is 5.93. The van der Waals surface area contributed by atoms with Crippen molar-refractivity contribution in [1.82, 2.24) is 15.2 Å².